The van der Waals surface area contributed by atoms with Gasteiger partial charge in [-0.3, -0.25) is 4.21 Å². The maximum Gasteiger partial charge on any atom is 0.0488 e. The van der Waals surface area contributed by atoms with Crippen molar-refractivity contribution in [2.45, 2.75) is 31.3 Å². The van der Waals surface area contributed by atoms with Gasteiger partial charge in [0.25, 0.3) is 0 Å². The van der Waals surface area contributed by atoms with Gasteiger partial charge in [-0.15, -0.1) is 0 Å². The molecule has 1 aromatic rings. The van der Waals surface area contributed by atoms with Crippen LogP contribution in [0.15, 0.2) is 24.3 Å². The highest BCUT2D eigenvalue weighted by Crippen LogP contribution is 2.11. The Balaban J connectivity index is 2.60. The van der Waals surface area contributed by atoms with Crippen molar-refractivity contribution in [3.8, 4) is 0 Å². The van der Waals surface area contributed by atoms with Crippen molar-refractivity contribution in [2.75, 3.05) is 5.73 Å². The largest absolute Gasteiger partial charge is 0.399 e. The molecular weight excluding hydrogens is 194 g/mol. The Hall–Kier alpha value is -0.830. The van der Waals surface area contributed by atoms with Gasteiger partial charge in [0, 0.05) is 27.5 Å². The van der Waals surface area contributed by atoms with E-state index < -0.39 is 10.8 Å². The second-order valence-electron chi connectivity index (χ2n) is 3.49. The summed E-state index contributed by atoms with van der Waals surface area (Å²) < 4.78 is 11.7. The highest BCUT2D eigenvalue weighted by atomic mass is 32.2. The standard InChI is InChI=1S/C11H17NOS/c1-3-9(2)14(13)8-10-4-6-11(12)7-5-10/h4-7,9H,3,8,12H2,1-2H3. The molecule has 0 saturated heterocycles. The van der Waals surface area contributed by atoms with Gasteiger partial charge in [-0.1, -0.05) is 26.0 Å². The number of anilines is 1. The van der Waals surface area contributed by atoms with Gasteiger partial charge in [0.2, 0.25) is 0 Å². The van der Waals surface area contributed by atoms with Crippen LogP contribution in [0.1, 0.15) is 25.8 Å². The monoisotopic (exact) mass is 211 g/mol. The number of rotatable bonds is 4. The van der Waals surface area contributed by atoms with Crippen LogP contribution in [-0.2, 0) is 16.6 Å². The van der Waals surface area contributed by atoms with Crippen LogP contribution in [0.2, 0.25) is 0 Å². The first-order chi connectivity index (χ1) is 6.63. The third-order valence-corrected chi connectivity index (χ3v) is 4.16. The molecule has 0 spiro atoms. The van der Waals surface area contributed by atoms with Crippen molar-refractivity contribution < 1.29 is 4.21 Å². The van der Waals surface area contributed by atoms with Crippen molar-refractivity contribution in [3.63, 3.8) is 0 Å². The summed E-state index contributed by atoms with van der Waals surface area (Å²) in [4.78, 5) is 0. The molecule has 2 N–H and O–H groups in total. The van der Waals surface area contributed by atoms with Crippen LogP contribution < -0.4 is 5.73 Å². The highest BCUT2D eigenvalue weighted by molar-refractivity contribution is 7.84. The predicted molar refractivity (Wildman–Crippen MR) is 62.5 cm³/mol. The van der Waals surface area contributed by atoms with E-state index in [1.807, 2.05) is 31.2 Å². The number of hydrogen-bond acceptors (Lipinski definition) is 2. The number of nitrogen functional groups attached to an aromatic ring is 1. The van der Waals surface area contributed by atoms with Crippen LogP contribution in [0.5, 0.6) is 0 Å². The van der Waals surface area contributed by atoms with Gasteiger partial charge in [0.15, 0.2) is 0 Å². The molecule has 2 unspecified atom stereocenters. The average molecular weight is 211 g/mol. The summed E-state index contributed by atoms with van der Waals surface area (Å²) in [7, 11) is -0.763. The van der Waals surface area contributed by atoms with Crippen LogP contribution in [-0.4, -0.2) is 9.46 Å². The summed E-state index contributed by atoms with van der Waals surface area (Å²) in [5.41, 5.74) is 7.42. The third kappa shape index (κ3) is 3.14. The minimum absolute atomic E-state index is 0.271. The van der Waals surface area contributed by atoms with Crippen molar-refractivity contribution in [2.24, 2.45) is 0 Å². The van der Waals surface area contributed by atoms with E-state index in [4.69, 9.17) is 5.73 Å². The SMILES string of the molecule is CCC(C)S(=O)Cc1ccc(N)cc1. The van der Waals surface area contributed by atoms with Gasteiger partial charge in [-0.2, -0.15) is 0 Å². The van der Waals surface area contributed by atoms with Crippen molar-refractivity contribution in [3.05, 3.63) is 29.8 Å². The van der Waals surface area contributed by atoms with E-state index >= 15 is 0 Å². The second kappa shape index (κ2) is 5.15. The Labute approximate surface area is 88.0 Å². The quantitative estimate of drug-likeness (QED) is 0.777. The molecule has 0 bridgehead atoms. The van der Waals surface area contributed by atoms with Crippen LogP contribution in [0.25, 0.3) is 0 Å². The molecule has 0 radical (unpaired) electrons. The van der Waals surface area contributed by atoms with Crippen LogP contribution >= 0.6 is 0 Å². The minimum Gasteiger partial charge on any atom is -0.399 e. The smallest absolute Gasteiger partial charge is 0.0488 e. The normalized spacial score (nSPS) is 15.0. The first-order valence-electron chi connectivity index (χ1n) is 4.85. The van der Waals surface area contributed by atoms with Crippen molar-refractivity contribution in [1.29, 1.82) is 0 Å². The van der Waals surface area contributed by atoms with E-state index in [9.17, 15) is 4.21 Å². The molecule has 2 atom stereocenters. The van der Waals surface area contributed by atoms with Gasteiger partial charge in [0.05, 0.1) is 0 Å². The van der Waals surface area contributed by atoms with E-state index in [1.165, 1.54) is 0 Å². The molecule has 3 heteroatoms. The highest BCUT2D eigenvalue weighted by Gasteiger charge is 2.08. The lowest BCUT2D eigenvalue weighted by Crippen LogP contribution is -2.11. The summed E-state index contributed by atoms with van der Waals surface area (Å²) in [6, 6.07) is 7.58. The Kier molecular flexibility index (Phi) is 4.14. The lowest BCUT2D eigenvalue weighted by atomic mass is 10.2. The zero-order chi connectivity index (χ0) is 10.6. The van der Waals surface area contributed by atoms with Crippen LogP contribution in [0.4, 0.5) is 5.69 Å². The zero-order valence-corrected chi connectivity index (χ0v) is 9.51. The fourth-order valence-corrected chi connectivity index (χ4v) is 2.28. The van der Waals surface area contributed by atoms with E-state index in [2.05, 4.69) is 6.92 Å². The first-order valence-corrected chi connectivity index (χ1v) is 6.23. The number of benzene rings is 1. The molecule has 0 fully saturated rings. The molecule has 2 nitrogen and oxygen atoms in total. The fraction of sp³-hybridized carbons (Fsp3) is 0.455. The lowest BCUT2D eigenvalue weighted by Gasteiger charge is -2.08. The molecule has 0 aromatic heterocycles. The molecule has 0 saturated carbocycles. The van der Waals surface area contributed by atoms with E-state index in [0.717, 1.165) is 17.7 Å². The molecule has 0 heterocycles. The van der Waals surface area contributed by atoms with Crippen molar-refractivity contribution >= 4 is 16.5 Å². The van der Waals surface area contributed by atoms with Gasteiger partial charge in [0.1, 0.15) is 0 Å². The average Bonchev–Trinajstić information content (AvgIpc) is 2.20. The van der Waals surface area contributed by atoms with E-state index in [0.29, 0.717) is 5.75 Å². The number of hydrogen-bond donors (Lipinski definition) is 1. The van der Waals surface area contributed by atoms with Crippen molar-refractivity contribution in [1.82, 2.24) is 0 Å². The number of nitrogens with two attached hydrogens (primary N) is 1. The van der Waals surface area contributed by atoms with Crippen LogP contribution in [0, 0.1) is 0 Å². The summed E-state index contributed by atoms with van der Waals surface area (Å²) in [6.07, 6.45) is 0.960. The zero-order valence-electron chi connectivity index (χ0n) is 8.69. The van der Waals surface area contributed by atoms with E-state index in [-0.39, 0.29) is 5.25 Å². The summed E-state index contributed by atoms with van der Waals surface area (Å²) in [5.74, 6) is 0.634. The fourth-order valence-electron chi connectivity index (χ4n) is 1.11. The molecular formula is C11H17NOS. The summed E-state index contributed by atoms with van der Waals surface area (Å²) >= 11 is 0. The van der Waals surface area contributed by atoms with Gasteiger partial charge >= 0.3 is 0 Å². The Morgan fingerprint density at radius 1 is 1.36 bits per heavy atom. The third-order valence-electron chi connectivity index (χ3n) is 2.31. The Bertz CT molecular complexity index is 308. The predicted octanol–water partition coefficient (Wildman–Crippen LogP) is 2.32. The molecule has 78 valence electrons. The minimum atomic E-state index is -0.763. The lowest BCUT2D eigenvalue weighted by molar-refractivity contribution is 0.669. The maximum atomic E-state index is 11.7. The molecule has 1 rings (SSSR count). The first kappa shape index (κ1) is 11.2. The van der Waals surface area contributed by atoms with Gasteiger partial charge in [-0.25, -0.2) is 0 Å². The maximum absolute atomic E-state index is 11.7. The molecule has 0 aliphatic rings. The summed E-state index contributed by atoms with van der Waals surface area (Å²) in [6.45, 7) is 4.08. The molecule has 1 aromatic carbocycles. The van der Waals surface area contributed by atoms with Gasteiger partial charge < -0.3 is 5.73 Å². The summed E-state index contributed by atoms with van der Waals surface area (Å²) in [5, 5.41) is 0.271. The molecule has 0 aliphatic heterocycles. The van der Waals surface area contributed by atoms with E-state index in [1.54, 1.807) is 0 Å². The second-order valence-corrected chi connectivity index (χ2v) is 5.34. The topological polar surface area (TPSA) is 43.1 Å². The van der Waals surface area contributed by atoms with Gasteiger partial charge in [-0.05, 0) is 24.1 Å². The van der Waals surface area contributed by atoms with Crippen LogP contribution in [0.3, 0.4) is 0 Å². The molecule has 0 amide bonds. The Morgan fingerprint density at radius 2 is 1.93 bits per heavy atom. The molecule has 0 aliphatic carbocycles. The Morgan fingerprint density at radius 3 is 2.43 bits per heavy atom. The molecule has 14 heavy (non-hydrogen) atoms.